The molecule has 0 radical (unpaired) electrons. The van der Waals surface area contributed by atoms with E-state index in [1.165, 1.54) is 24.7 Å². The molecule has 10 N–H and O–H groups in total. The van der Waals surface area contributed by atoms with Gasteiger partial charge < -0.3 is 79.0 Å². The predicted octanol–water partition coefficient (Wildman–Crippen LogP) is 0.797. The maximum Gasteiger partial charge on any atom is 0.523 e. The van der Waals surface area contributed by atoms with Crippen LogP contribution < -0.4 is 11.5 Å². The summed E-state index contributed by atoms with van der Waals surface area (Å²) in [5.74, 6) is -2.24. The van der Waals surface area contributed by atoms with Crippen LogP contribution in [-0.4, -0.2) is 164 Å². The largest absolute Gasteiger partial charge is 0.523 e. The first kappa shape index (κ1) is 60.8. The molecule has 0 aliphatic carbocycles. The van der Waals surface area contributed by atoms with E-state index >= 15 is 0 Å². The number of nitrogens with zero attached hydrogens (tertiary/aromatic N) is 4. The minimum Gasteiger partial charge on any atom is -0.493 e. The highest BCUT2D eigenvalue weighted by molar-refractivity contribution is 7.87. The number of aromatic nitrogens is 4. The van der Waals surface area contributed by atoms with Crippen LogP contribution >= 0.6 is 15.2 Å². The molecule has 64 heavy (non-hydrogen) atoms. The number of ether oxygens (including phenoxy) is 3. The highest BCUT2D eigenvalue weighted by Gasteiger charge is 2.49. The summed E-state index contributed by atoms with van der Waals surface area (Å²) in [5, 5.41) is 58.7. The molecule has 0 saturated carbocycles. The number of nitrogens with two attached hydrogens (primary N) is 2. The third kappa shape index (κ3) is 15.7. The number of hydrogen-bond donors (Lipinski definition) is 8. The SMILES string of the molecule is C.C.CCOP(=O)(COC[C@H]1O[C@@H](n2cnc(C(N)=O)c2O)[C@H](O)[C@@H]1O)OCC.CCOP(=O)(COS(=O)(=O)C(F)(F)F)OCC.Cc1c(C(N)=O)ncn1[C@@H]1O[C@H](CO)[C@@H](O)[C@H]1O. The monoisotopic (exact) mass is 998 g/mol. The molecular formula is C32H59F3N6O20P2S. The number of imidazole rings is 2. The lowest BCUT2D eigenvalue weighted by Gasteiger charge is -2.19. The van der Waals surface area contributed by atoms with Gasteiger partial charge in [0.25, 0.3) is 11.8 Å². The Balaban J connectivity index is 0.000000951. The van der Waals surface area contributed by atoms with Gasteiger partial charge in [-0.15, -0.1) is 0 Å². The summed E-state index contributed by atoms with van der Waals surface area (Å²) in [6.45, 7) is 7.23. The maximum atomic E-state index is 12.3. The zero-order valence-corrected chi connectivity index (χ0v) is 36.3. The average Bonchev–Trinajstić information content (AvgIpc) is 3.91. The molecule has 2 fully saturated rings. The van der Waals surface area contributed by atoms with Crippen molar-refractivity contribution in [3.8, 4) is 5.88 Å². The first-order chi connectivity index (χ1) is 28.8. The first-order valence-electron chi connectivity index (χ1n) is 18.1. The van der Waals surface area contributed by atoms with Crippen LogP contribution in [-0.2, 0) is 55.7 Å². The number of aliphatic hydroxyl groups is 5. The number of carbonyl (C=O) groups excluding carboxylic acids is 2. The van der Waals surface area contributed by atoms with E-state index in [9.17, 15) is 65.8 Å². The molecule has 4 heterocycles. The second kappa shape index (κ2) is 26.2. The summed E-state index contributed by atoms with van der Waals surface area (Å²) in [7, 11) is -13.2. The molecule has 374 valence electrons. The van der Waals surface area contributed by atoms with Crippen molar-refractivity contribution < 1.29 is 107 Å². The molecular weight excluding hydrogens is 939 g/mol. The smallest absolute Gasteiger partial charge is 0.493 e. The maximum absolute atomic E-state index is 12.3. The van der Waals surface area contributed by atoms with Crippen molar-refractivity contribution in [1.82, 2.24) is 19.1 Å². The van der Waals surface area contributed by atoms with Crippen molar-refractivity contribution in [1.29, 1.82) is 0 Å². The van der Waals surface area contributed by atoms with Crippen LogP contribution in [0.15, 0.2) is 12.7 Å². The van der Waals surface area contributed by atoms with Gasteiger partial charge in [0.2, 0.25) is 5.88 Å². The number of hydrogen-bond acceptors (Lipinski definition) is 22. The zero-order chi connectivity index (χ0) is 47.4. The second-order valence-electron chi connectivity index (χ2n) is 12.5. The van der Waals surface area contributed by atoms with Crippen LogP contribution in [0.1, 0.15) is 81.7 Å². The van der Waals surface area contributed by atoms with E-state index in [2.05, 4.69) is 23.2 Å². The quantitative estimate of drug-likeness (QED) is 0.0516. The molecule has 32 heteroatoms. The molecule has 2 aromatic heterocycles. The molecule has 8 atom stereocenters. The number of aromatic hydroxyl groups is 1. The Morgan fingerprint density at radius 3 is 1.56 bits per heavy atom. The number of halogens is 3. The van der Waals surface area contributed by atoms with E-state index < -0.39 is 116 Å². The van der Waals surface area contributed by atoms with E-state index in [1.807, 2.05) is 0 Å². The second-order valence-corrected chi connectivity index (χ2v) is 18.1. The van der Waals surface area contributed by atoms with Crippen LogP contribution in [0.2, 0.25) is 0 Å². The zero-order valence-electron chi connectivity index (χ0n) is 33.7. The lowest BCUT2D eigenvalue weighted by molar-refractivity contribution is -0.0652. The van der Waals surface area contributed by atoms with Gasteiger partial charge in [-0.1, -0.05) is 14.9 Å². The molecule has 2 aliphatic heterocycles. The number of rotatable bonds is 20. The lowest BCUT2D eigenvalue weighted by Crippen LogP contribution is -2.34. The average molecular weight is 999 g/mol. The topological polar surface area (TPSA) is 385 Å². The highest BCUT2D eigenvalue weighted by atomic mass is 32.2. The summed E-state index contributed by atoms with van der Waals surface area (Å²) in [4.78, 5) is 29.7. The summed E-state index contributed by atoms with van der Waals surface area (Å²) in [5.41, 5.74) is 4.75. The Morgan fingerprint density at radius 2 is 1.17 bits per heavy atom. The third-order valence-electron chi connectivity index (χ3n) is 8.16. The predicted molar refractivity (Wildman–Crippen MR) is 214 cm³/mol. The fourth-order valence-electron chi connectivity index (χ4n) is 5.33. The number of alkyl halides is 3. The van der Waals surface area contributed by atoms with Crippen molar-refractivity contribution in [3.63, 3.8) is 0 Å². The molecule has 2 aliphatic rings. The lowest BCUT2D eigenvalue weighted by atomic mass is 10.1. The van der Waals surface area contributed by atoms with Gasteiger partial charge in [-0.3, -0.25) is 27.5 Å². The summed E-state index contributed by atoms with van der Waals surface area (Å²) >= 11 is 0. The van der Waals surface area contributed by atoms with Crippen molar-refractivity contribution in [2.75, 3.05) is 52.3 Å². The molecule has 2 saturated heterocycles. The Hall–Kier alpha value is -3.16. The number of aliphatic hydroxyl groups excluding tert-OH is 5. The molecule has 0 spiro atoms. The van der Waals surface area contributed by atoms with Crippen LogP contribution in [0.25, 0.3) is 0 Å². The Bertz CT molecular complexity index is 1960. The molecule has 2 aromatic rings. The number of amides is 2. The fraction of sp³-hybridized carbons (Fsp3) is 0.750. The van der Waals surface area contributed by atoms with Crippen molar-refractivity contribution in [2.24, 2.45) is 11.5 Å². The summed E-state index contributed by atoms with van der Waals surface area (Å²) in [6.07, 6.45) is -8.53. The molecule has 0 aromatic carbocycles. The van der Waals surface area contributed by atoms with Gasteiger partial charge in [-0.05, 0) is 34.6 Å². The molecule has 2 amide bonds. The van der Waals surface area contributed by atoms with Crippen LogP contribution in [0.4, 0.5) is 13.2 Å². The van der Waals surface area contributed by atoms with E-state index in [0.717, 1.165) is 10.9 Å². The first-order valence-corrected chi connectivity index (χ1v) is 23.0. The molecule has 0 unspecified atom stereocenters. The Labute approximate surface area is 366 Å². The Morgan fingerprint density at radius 1 is 0.766 bits per heavy atom. The van der Waals surface area contributed by atoms with E-state index in [4.69, 9.17) is 39.8 Å². The van der Waals surface area contributed by atoms with E-state index in [1.54, 1.807) is 20.8 Å². The van der Waals surface area contributed by atoms with Gasteiger partial charge in [0, 0.05) is 5.69 Å². The standard InChI is InChI=1S/C14H24N3O9P.C10H15N3O5.C6H12F3O6PS.2CH4/c1-3-24-27(22,25-4-2)7-23-5-8-10(18)11(19)14(26-8)17-6-16-9(12(15)20)13(17)21;1-4-6(9(11)17)12-3-13(4)10-8(16)7(15)5(2-14)18-10;1-3-13-16(10,14-4-2)5-15-17(11,12)6(7,8)9;;/h6,8,10-11,14,18-19,21H,3-5,7H2,1-2H3,(H2,15,20);3,5,7-8,10,14-16H,2H2,1H3,(H2,11,17);3-5H2,1-2H3;2*1H4/t8-,10-,11-,14-;5-,7-,8-,10-;;;/m11.../s1. The van der Waals surface area contributed by atoms with Crippen molar-refractivity contribution in [3.05, 3.63) is 29.7 Å². The van der Waals surface area contributed by atoms with Crippen molar-refractivity contribution >= 4 is 37.1 Å². The molecule has 4 rings (SSSR count). The van der Waals surface area contributed by atoms with E-state index in [-0.39, 0.29) is 59.9 Å². The number of carbonyl (C=O) groups is 2. The van der Waals surface area contributed by atoms with Gasteiger partial charge in [0.15, 0.2) is 24.5 Å². The molecule has 0 bridgehead atoms. The van der Waals surface area contributed by atoms with Gasteiger partial charge in [-0.2, -0.15) is 21.6 Å². The van der Waals surface area contributed by atoms with Crippen LogP contribution in [0.5, 0.6) is 5.88 Å². The third-order valence-corrected chi connectivity index (χ3v) is 12.9. The van der Waals surface area contributed by atoms with E-state index in [0.29, 0.717) is 5.69 Å². The molecule has 26 nitrogen and oxygen atoms in total. The summed E-state index contributed by atoms with van der Waals surface area (Å²) < 4.78 is 122. The number of primary amides is 2. The van der Waals surface area contributed by atoms with Gasteiger partial charge in [0.05, 0.1) is 46.0 Å². The minimum absolute atomic E-state index is 0. The highest BCUT2D eigenvalue weighted by Crippen LogP contribution is 2.49. The normalized spacial score (nSPS) is 23.5. The van der Waals surface area contributed by atoms with Crippen LogP contribution in [0.3, 0.4) is 0 Å². The van der Waals surface area contributed by atoms with Gasteiger partial charge >= 0.3 is 30.8 Å². The van der Waals surface area contributed by atoms with Crippen LogP contribution in [0, 0.1) is 6.92 Å². The van der Waals surface area contributed by atoms with Gasteiger partial charge in [0.1, 0.15) is 55.0 Å². The Kier molecular flexibility index (Phi) is 25.0. The minimum atomic E-state index is -5.80. The van der Waals surface area contributed by atoms with Gasteiger partial charge in [-0.25, -0.2) is 9.97 Å². The summed E-state index contributed by atoms with van der Waals surface area (Å²) in [6, 6.07) is 0. The van der Waals surface area contributed by atoms with Crippen molar-refractivity contribution in [2.45, 2.75) is 104 Å². The fourth-order valence-corrected chi connectivity index (χ4v) is 8.89.